The van der Waals surface area contributed by atoms with Crippen LogP contribution < -0.4 is 20.5 Å². The molecule has 158 valence electrons. The van der Waals surface area contributed by atoms with Crippen molar-refractivity contribution in [2.24, 2.45) is 0 Å². The van der Waals surface area contributed by atoms with Crippen LogP contribution in [-0.2, 0) is 4.79 Å². The number of aromatic nitrogens is 4. The molecular weight excluding hydrogens is 396 g/mol. The molecule has 0 bridgehead atoms. The van der Waals surface area contributed by atoms with Crippen LogP contribution in [0.3, 0.4) is 0 Å². The third-order valence-electron chi connectivity index (χ3n) is 4.85. The van der Waals surface area contributed by atoms with Crippen LogP contribution >= 0.6 is 0 Å². The van der Waals surface area contributed by atoms with Crippen LogP contribution in [0.2, 0.25) is 0 Å². The number of anilines is 1. The quantitative estimate of drug-likeness (QED) is 0.338. The first-order valence-corrected chi connectivity index (χ1v) is 9.75. The summed E-state index contributed by atoms with van der Waals surface area (Å²) >= 11 is 0. The highest BCUT2D eigenvalue weighted by Crippen LogP contribution is 2.25. The van der Waals surface area contributed by atoms with Gasteiger partial charge in [0.2, 0.25) is 0 Å². The number of benzene rings is 1. The molecule has 1 aromatic carbocycles. The molecule has 1 fully saturated rings. The van der Waals surface area contributed by atoms with Crippen LogP contribution in [-0.4, -0.2) is 52.8 Å². The van der Waals surface area contributed by atoms with Gasteiger partial charge in [0, 0.05) is 30.3 Å². The Morgan fingerprint density at radius 3 is 2.61 bits per heavy atom. The Kier molecular flexibility index (Phi) is 5.82. The zero-order valence-electron chi connectivity index (χ0n) is 17.3. The molecule has 0 radical (unpaired) electrons. The average Bonchev–Trinajstić information content (AvgIpc) is 3.54. The van der Waals surface area contributed by atoms with Gasteiger partial charge in [-0.25, -0.2) is 14.6 Å². The molecule has 0 atom stereocenters. The van der Waals surface area contributed by atoms with Crippen molar-refractivity contribution in [1.29, 1.82) is 0 Å². The monoisotopic (exact) mass is 418 g/mol. The van der Waals surface area contributed by atoms with Crippen LogP contribution in [0.25, 0.3) is 16.7 Å². The van der Waals surface area contributed by atoms with E-state index in [1.165, 1.54) is 12.4 Å². The lowest BCUT2D eigenvalue weighted by Crippen LogP contribution is -2.22. The Labute approximate surface area is 179 Å². The Hall–Kier alpha value is -3.90. The van der Waals surface area contributed by atoms with Crippen LogP contribution in [0.1, 0.15) is 24.1 Å². The number of nitrogen functional groups attached to an aromatic ring is 1. The van der Waals surface area contributed by atoms with Crippen molar-refractivity contribution in [3.05, 3.63) is 41.9 Å². The molecule has 2 aromatic heterocycles. The number of carbonyl (C=O) groups is 1. The first-order valence-electron chi connectivity index (χ1n) is 9.75. The molecule has 0 amide bonds. The molecule has 1 aliphatic carbocycles. The SMILES string of the molecule is COc1cc(C#Cc2nn(C(=CC=O)CNC3CC3)c3ncnc(N)c23)cc(OC)c1. The van der Waals surface area contributed by atoms with Gasteiger partial charge >= 0.3 is 0 Å². The lowest BCUT2D eigenvalue weighted by Gasteiger charge is -2.08. The van der Waals surface area contributed by atoms with Gasteiger partial charge in [-0.3, -0.25) is 4.79 Å². The minimum Gasteiger partial charge on any atom is -0.497 e. The third kappa shape index (κ3) is 4.49. The fourth-order valence-electron chi connectivity index (χ4n) is 3.09. The van der Waals surface area contributed by atoms with Crippen LogP contribution in [0, 0.1) is 11.8 Å². The van der Waals surface area contributed by atoms with Gasteiger partial charge in [-0.05, 0) is 30.9 Å². The number of hydrogen-bond acceptors (Lipinski definition) is 8. The Morgan fingerprint density at radius 1 is 1.23 bits per heavy atom. The third-order valence-corrected chi connectivity index (χ3v) is 4.85. The van der Waals surface area contributed by atoms with Crippen molar-refractivity contribution < 1.29 is 14.3 Å². The minimum absolute atomic E-state index is 0.268. The second-order valence-electron chi connectivity index (χ2n) is 7.02. The highest BCUT2D eigenvalue weighted by Gasteiger charge is 2.22. The van der Waals surface area contributed by atoms with Gasteiger partial charge in [0.25, 0.3) is 0 Å². The zero-order valence-corrected chi connectivity index (χ0v) is 17.3. The maximum atomic E-state index is 11.2. The largest absolute Gasteiger partial charge is 0.497 e. The summed E-state index contributed by atoms with van der Waals surface area (Å²) < 4.78 is 12.2. The molecule has 3 N–H and O–H groups in total. The Balaban J connectivity index is 1.78. The van der Waals surface area contributed by atoms with E-state index in [-0.39, 0.29) is 5.82 Å². The number of nitrogens with zero attached hydrogens (tertiary/aromatic N) is 4. The average molecular weight is 418 g/mol. The van der Waals surface area contributed by atoms with E-state index in [0.717, 1.165) is 19.1 Å². The zero-order chi connectivity index (χ0) is 21.8. The van der Waals surface area contributed by atoms with E-state index in [4.69, 9.17) is 15.2 Å². The Morgan fingerprint density at radius 2 is 1.97 bits per heavy atom. The second kappa shape index (κ2) is 8.85. The molecule has 31 heavy (non-hydrogen) atoms. The van der Waals surface area contributed by atoms with Crippen molar-refractivity contribution in [3.63, 3.8) is 0 Å². The van der Waals surface area contributed by atoms with Crippen molar-refractivity contribution in [1.82, 2.24) is 25.1 Å². The Bertz CT molecular complexity index is 1190. The lowest BCUT2D eigenvalue weighted by atomic mass is 10.2. The molecule has 4 rings (SSSR count). The highest BCUT2D eigenvalue weighted by atomic mass is 16.5. The van der Waals surface area contributed by atoms with E-state index < -0.39 is 0 Å². The maximum Gasteiger partial charge on any atom is 0.169 e. The number of allylic oxidation sites excluding steroid dienone is 1. The van der Waals surface area contributed by atoms with Gasteiger partial charge in [-0.15, -0.1) is 0 Å². The maximum absolute atomic E-state index is 11.2. The van der Waals surface area contributed by atoms with Gasteiger partial charge in [-0.1, -0.05) is 5.92 Å². The van der Waals surface area contributed by atoms with Crippen molar-refractivity contribution >= 4 is 28.8 Å². The topological polar surface area (TPSA) is 117 Å². The van der Waals surface area contributed by atoms with E-state index >= 15 is 0 Å². The number of fused-ring (bicyclic) bond motifs is 1. The molecular formula is C22H22N6O3. The van der Waals surface area contributed by atoms with Crippen LogP contribution in [0.15, 0.2) is 30.6 Å². The molecule has 0 saturated heterocycles. The van der Waals surface area contributed by atoms with Crippen molar-refractivity contribution in [3.8, 4) is 23.3 Å². The summed E-state index contributed by atoms with van der Waals surface area (Å²) in [6.07, 6.45) is 5.82. The fraction of sp³-hybridized carbons (Fsp3) is 0.273. The first-order chi connectivity index (χ1) is 15.1. The standard InChI is InChI=1S/C22H22N6O3/c1-30-17-9-14(10-18(11-17)31-2)3-6-19-20-21(23)25-13-26-22(20)28(27-19)16(7-8-29)12-24-15-4-5-15/h7-11,13,15,24H,4-5,12H2,1-2H3,(H2,23,25,26). The second-order valence-corrected chi connectivity index (χ2v) is 7.02. The normalized spacial score (nSPS) is 13.5. The summed E-state index contributed by atoms with van der Waals surface area (Å²) in [7, 11) is 3.16. The highest BCUT2D eigenvalue weighted by molar-refractivity contribution is 5.93. The molecule has 2 heterocycles. The molecule has 3 aromatic rings. The van der Waals surface area contributed by atoms with Gasteiger partial charge in [0.15, 0.2) is 5.65 Å². The smallest absolute Gasteiger partial charge is 0.169 e. The molecule has 0 spiro atoms. The summed E-state index contributed by atoms with van der Waals surface area (Å²) in [4.78, 5) is 19.7. The number of ether oxygens (including phenoxy) is 2. The van der Waals surface area contributed by atoms with E-state index in [1.807, 2.05) is 0 Å². The van der Waals surface area contributed by atoms with E-state index in [1.54, 1.807) is 37.1 Å². The number of hydrogen-bond donors (Lipinski definition) is 2. The lowest BCUT2D eigenvalue weighted by molar-refractivity contribution is -0.104. The van der Waals surface area contributed by atoms with Crippen LogP contribution in [0.4, 0.5) is 5.82 Å². The molecule has 0 aliphatic heterocycles. The number of methoxy groups -OCH3 is 2. The van der Waals surface area contributed by atoms with E-state index in [9.17, 15) is 4.79 Å². The minimum atomic E-state index is 0.268. The van der Waals surface area contributed by atoms with E-state index in [0.29, 0.717) is 52.1 Å². The van der Waals surface area contributed by atoms with Crippen molar-refractivity contribution in [2.45, 2.75) is 18.9 Å². The summed E-state index contributed by atoms with van der Waals surface area (Å²) in [5, 5.41) is 8.52. The fourth-order valence-corrected chi connectivity index (χ4v) is 3.09. The number of rotatable bonds is 7. The van der Waals surface area contributed by atoms with Gasteiger partial charge in [-0.2, -0.15) is 5.10 Å². The van der Waals surface area contributed by atoms with Gasteiger partial charge < -0.3 is 20.5 Å². The summed E-state index contributed by atoms with van der Waals surface area (Å²) in [6, 6.07) is 5.83. The van der Waals surface area contributed by atoms with Crippen LogP contribution in [0.5, 0.6) is 11.5 Å². The number of nitrogens with two attached hydrogens (primary N) is 1. The van der Waals surface area contributed by atoms with E-state index in [2.05, 4.69) is 32.2 Å². The number of aldehydes is 1. The van der Waals surface area contributed by atoms with Gasteiger partial charge in [0.1, 0.15) is 35.6 Å². The first kappa shape index (κ1) is 20.4. The van der Waals surface area contributed by atoms with Crippen molar-refractivity contribution in [2.75, 3.05) is 26.5 Å². The number of nitrogens with one attached hydrogen (secondary N) is 1. The molecule has 1 aliphatic rings. The predicted molar refractivity (Wildman–Crippen MR) is 117 cm³/mol. The molecule has 1 saturated carbocycles. The molecule has 9 heteroatoms. The predicted octanol–water partition coefficient (Wildman–Crippen LogP) is 1.62. The molecule has 0 unspecified atom stereocenters. The number of carbonyl (C=O) groups excluding carboxylic acids is 1. The summed E-state index contributed by atoms with van der Waals surface area (Å²) in [5.74, 6) is 7.65. The summed E-state index contributed by atoms with van der Waals surface area (Å²) in [6.45, 7) is 0.476. The molecule has 9 nitrogen and oxygen atoms in total. The summed E-state index contributed by atoms with van der Waals surface area (Å²) in [5.41, 5.74) is 8.37. The van der Waals surface area contributed by atoms with Gasteiger partial charge in [0.05, 0.1) is 25.3 Å².